The Hall–Kier alpha value is -0.120. The van der Waals surface area contributed by atoms with Crippen molar-refractivity contribution in [3.8, 4) is 0 Å². The molecule has 0 spiro atoms. The van der Waals surface area contributed by atoms with Crippen LogP contribution in [0.5, 0.6) is 0 Å². The van der Waals surface area contributed by atoms with E-state index in [1.807, 2.05) is 0 Å². The van der Waals surface area contributed by atoms with Gasteiger partial charge in [-0.15, -0.1) is 0 Å². The lowest BCUT2D eigenvalue weighted by Crippen LogP contribution is -2.48. The van der Waals surface area contributed by atoms with Gasteiger partial charge in [0.2, 0.25) is 0 Å². The van der Waals surface area contributed by atoms with Crippen LogP contribution in [0.2, 0.25) is 0 Å². The second-order valence-corrected chi connectivity index (χ2v) is 6.13. The highest BCUT2D eigenvalue weighted by atomic mass is 15.3. The molecule has 0 amide bonds. The molecule has 2 saturated heterocycles. The molecule has 1 aliphatic carbocycles. The summed E-state index contributed by atoms with van der Waals surface area (Å²) in [5.74, 6) is 0. The fraction of sp³-hybridized carbons (Fsp3) is 1.00. The second kappa shape index (κ2) is 5.25. The average Bonchev–Trinajstić information content (AvgIpc) is 3.09. The fourth-order valence-corrected chi connectivity index (χ4v) is 3.82. The van der Waals surface area contributed by atoms with Crippen LogP contribution in [-0.4, -0.2) is 54.1 Å². The van der Waals surface area contributed by atoms with Crippen LogP contribution in [0.4, 0.5) is 0 Å². The summed E-state index contributed by atoms with van der Waals surface area (Å²) in [6.45, 7) is 4.88. The minimum Gasteiger partial charge on any atom is -0.330 e. The van der Waals surface area contributed by atoms with Crippen LogP contribution in [0.1, 0.15) is 44.9 Å². The van der Waals surface area contributed by atoms with Gasteiger partial charge in [-0.1, -0.05) is 6.42 Å². The van der Waals surface area contributed by atoms with E-state index in [9.17, 15) is 0 Å². The average molecular weight is 237 g/mol. The molecule has 17 heavy (non-hydrogen) atoms. The van der Waals surface area contributed by atoms with E-state index in [2.05, 4.69) is 9.80 Å². The van der Waals surface area contributed by atoms with Gasteiger partial charge in [0.05, 0.1) is 0 Å². The quantitative estimate of drug-likeness (QED) is 0.803. The third kappa shape index (κ3) is 2.67. The predicted molar refractivity (Wildman–Crippen MR) is 71.0 cm³/mol. The number of nitrogens with two attached hydrogens (primary N) is 1. The van der Waals surface area contributed by atoms with Crippen LogP contribution in [0.3, 0.4) is 0 Å². The molecule has 98 valence electrons. The van der Waals surface area contributed by atoms with Gasteiger partial charge in [-0.2, -0.15) is 0 Å². The Kier molecular flexibility index (Phi) is 3.69. The zero-order valence-electron chi connectivity index (χ0n) is 11.0. The molecular formula is C14H27N3. The maximum Gasteiger partial charge on any atom is 0.0238 e. The highest BCUT2D eigenvalue weighted by Crippen LogP contribution is 2.33. The zero-order chi connectivity index (χ0) is 11.7. The van der Waals surface area contributed by atoms with Crippen molar-refractivity contribution in [3.05, 3.63) is 0 Å². The third-order valence-corrected chi connectivity index (χ3v) is 4.90. The molecule has 2 unspecified atom stereocenters. The van der Waals surface area contributed by atoms with E-state index < -0.39 is 0 Å². The smallest absolute Gasteiger partial charge is 0.0238 e. The predicted octanol–water partition coefficient (Wildman–Crippen LogP) is 1.43. The second-order valence-electron chi connectivity index (χ2n) is 6.13. The zero-order valence-corrected chi connectivity index (χ0v) is 11.0. The number of hydrogen-bond acceptors (Lipinski definition) is 3. The Balaban J connectivity index is 1.57. The van der Waals surface area contributed by atoms with Gasteiger partial charge in [0.1, 0.15) is 0 Å². The normalized spacial score (nSPS) is 36.5. The minimum atomic E-state index is 0.790. The number of hydrogen-bond donors (Lipinski definition) is 1. The number of piperidine rings is 1. The highest BCUT2D eigenvalue weighted by molar-refractivity contribution is 4.94. The van der Waals surface area contributed by atoms with Crippen molar-refractivity contribution in [1.82, 2.24) is 9.80 Å². The van der Waals surface area contributed by atoms with Gasteiger partial charge in [-0.25, -0.2) is 0 Å². The van der Waals surface area contributed by atoms with Crippen molar-refractivity contribution >= 4 is 0 Å². The molecule has 3 heteroatoms. The van der Waals surface area contributed by atoms with Crippen LogP contribution in [0, 0.1) is 0 Å². The first kappa shape index (κ1) is 11.9. The standard InChI is InChI=1S/C14H27N3/c15-8-6-13-3-1-2-9-17(13)14-7-10-16(11-14)12-4-5-12/h12-14H,1-11,15H2. The van der Waals surface area contributed by atoms with Crippen molar-refractivity contribution in [2.75, 3.05) is 26.2 Å². The monoisotopic (exact) mass is 237 g/mol. The van der Waals surface area contributed by atoms with Crippen LogP contribution in [0.25, 0.3) is 0 Å². The van der Waals surface area contributed by atoms with E-state index >= 15 is 0 Å². The van der Waals surface area contributed by atoms with Crippen LogP contribution >= 0.6 is 0 Å². The molecule has 0 aromatic carbocycles. The SMILES string of the molecule is NCCC1CCCCN1C1CCN(C2CC2)C1. The molecular weight excluding hydrogens is 210 g/mol. The summed E-state index contributed by atoms with van der Waals surface area (Å²) in [5.41, 5.74) is 5.77. The third-order valence-electron chi connectivity index (χ3n) is 4.90. The van der Waals surface area contributed by atoms with Gasteiger partial charge in [0, 0.05) is 31.2 Å². The largest absolute Gasteiger partial charge is 0.330 e. The van der Waals surface area contributed by atoms with E-state index in [4.69, 9.17) is 5.73 Å². The summed E-state index contributed by atoms with van der Waals surface area (Å²) in [5, 5.41) is 0. The molecule has 2 aliphatic heterocycles. The number of nitrogens with zero attached hydrogens (tertiary/aromatic N) is 2. The summed E-state index contributed by atoms with van der Waals surface area (Å²) in [4.78, 5) is 5.54. The van der Waals surface area contributed by atoms with Gasteiger partial charge >= 0.3 is 0 Å². The molecule has 3 aliphatic rings. The van der Waals surface area contributed by atoms with Gasteiger partial charge in [0.25, 0.3) is 0 Å². The molecule has 3 rings (SSSR count). The van der Waals surface area contributed by atoms with Crippen LogP contribution in [0.15, 0.2) is 0 Å². The van der Waals surface area contributed by atoms with Crippen LogP contribution < -0.4 is 5.73 Å². The lowest BCUT2D eigenvalue weighted by molar-refractivity contribution is 0.0919. The fourth-order valence-electron chi connectivity index (χ4n) is 3.82. The Morgan fingerprint density at radius 1 is 0.941 bits per heavy atom. The number of likely N-dealkylation sites (tertiary alicyclic amines) is 2. The van der Waals surface area contributed by atoms with E-state index in [1.165, 1.54) is 64.6 Å². The van der Waals surface area contributed by atoms with Gasteiger partial charge in [0.15, 0.2) is 0 Å². The van der Waals surface area contributed by atoms with E-state index in [0.717, 1.165) is 24.7 Å². The molecule has 0 aromatic rings. The summed E-state index contributed by atoms with van der Waals surface area (Å²) in [7, 11) is 0. The van der Waals surface area contributed by atoms with Gasteiger partial charge in [-0.05, 0) is 51.6 Å². The van der Waals surface area contributed by atoms with Crippen molar-refractivity contribution < 1.29 is 0 Å². The summed E-state index contributed by atoms with van der Waals surface area (Å²) in [6, 6.07) is 2.59. The van der Waals surface area contributed by atoms with Crippen molar-refractivity contribution in [1.29, 1.82) is 0 Å². The Bertz CT molecular complexity index is 250. The molecule has 2 N–H and O–H groups in total. The summed E-state index contributed by atoms with van der Waals surface area (Å²) in [6.07, 6.45) is 9.73. The lowest BCUT2D eigenvalue weighted by Gasteiger charge is -2.40. The summed E-state index contributed by atoms with van der Waals surface area (Å²) < 4.78 is 0. The van der Waals surface area contributed by atoms with E-state index in [0.29, 0.717) is 0 Å². The van der Waals surface area contributed by atoms with Crippen LogP contribution in [-0.2, 0) is 0 Å². The Morgan fingerprint density at radius 3 is 2.59 bits per heavy atom. The first-order valence-electron chi connectivity index (χ1n) is 7.58. The summed E-state index contributed by atoms with van der Waals surface area (Å²) >= 11 is 0. The van der Waals surface area contributed by atoms with Crippen molar-refractivity contribution in [3.63, 3.8) is 0 Å². The molecule has 0 bridgehead atoms. The molecule has 3 fully saturated rings. The van der Waals surface area contributed by atoms with Crippen molar-refractivity contribution in [2.45, 2.75) is 63.1 Å². The molecule has 0 aromatic heterocycles. The molecule has 2 heterocycles. The topological polar surface area (TPSA) is 32.5 Å². The lowest BCUT2D eigenvalue weighted by atomic mass is 9.97. The van der Waals surface area contributed by atoms with Gasteiger partial charge in [-0.3, -0.25) is 9.80 Å². The molecule has 1 saturated carbocycles. The van der Waals surface area contributed by atoms with Crippen molar-refractivity contribution in [2.24, 2.45) is 5.73 Å². The van der Waals surface area contributed by atoms with E-state index in [1.54, 1.807) is 0 Å². The maximum atomic E-state index is 5.77. The first-order chi connectivity index (χ1) is 8.38. The molecule has 0 radical (unpaired) electrons. The Morgan fingerprint density at radius 2 is 1.82 bits per heavy atom. The van der Waals surface area contributed by atoms with Gasteiger partial charge < -0.3 is 5.73 Å². The van der Waals surface area contributed by atoms with E-state index in [-0.39, 0.29) is 0 Å². The highest BCUT2D eigenvalue weighted by Gasteiger charge is 2.38. The molecule has 3 nitrogen and oxygen atoms in total. The first-order valence-corrected chi connectivity index (χ1v) is 7.58. The Labute approximate surface area is 105 Å². The molecule has 2 atom stereocenters. The maximum absolute atomic E-state index is 5.77. The minimum absolute atomic E-state index is 0.790. The number of rotatable bonds is 4.